The molecule has 0 saturated carbocycles. The molecule has 0 spiro atoms. The van der Waals surface area contributed by atoms with E-state index in [0.717, 1.165) is 25.0 Å². The van der Waals surface area contributed by atoms with E-state index in [1.54, 1.807) is 12.1 Å². The molecular formula is C20H20N2O3. The summed E-state index contributed by atoms with van der Waals surface area (Å²) >= 11 is 0. The number of benzene rings is 1. The molecule has 128 valence electrons. The van der Waals surface area contributed by atoms with Gasteiger partial charge in [0.15, 0.2) is 0 Å². The number of H-pyrrole nitrogens is 1. The summed E-state index contributed by atoms with van der Waals surface area (Å²) in [6, 6.07) is 6.81. The monoisotopic (exact) mass is 336 g/mol. The van der Waals surface area contributed by atoms with Crippen molar-refractivity contribution in [3.8, 4) is 0 Å². The number of aryl methyl sites for hydroxylation is 1. The first-order valence-electron chi connectivity index (χ1n) is 8.48. The molecule has 1 aliphatic heterocycles. The maximum Gasteiger partial charge on any atom is 0.335 e. The van der Waals surface area contributed by atoms with Gasteiger partial charge in [0.1, 0.15) is 0 Å². The van der Waals surface area contributed by atoms with Crippen molar-refractivity contribution in [1.82, 2.24) is 4.98 Å². The van der Waals surface area contributed by atoms with Crippen molar-refractivity contribution in [2.45, 2.75) is 38.5 Å². The molecule has 1 amide bonds. The molecule has 2 heterocycles. The highest BCUT2D eigenvalue weighted by atomic mass is 16.4. The van der Waals surface area contributed by atoms with Crippen LogP contribution in [0.1, 0.15) is 59.6 Å². The fourth-order valence-electron chi connectivity index (χ4n) is 3.86. The minimum absolute atomic E-state index is 0.132. The van der Waals surface area contributed by atoms with Crippen LogP contribution in [0.5, 0.6) is 0 Å². The lowest BCUT2D eigenvalue weighted by molar-refractivity contribution is -0.110. The Morgan fingerprint density at radius 1 is 1.28 bits per heavy atom. The molecule has 0 bridgehead atoms. The number of carbonyl (C=O) groups excluding carboxylic acids is 1. The third-order valence-corrected chi connectivity index (χ3v) is 5.23. The van der Waals surface area contributed by atoms with Crippen LogP contribution in [-0.2, 0) is 16.6 Å². The normalized spacial score (nSPS) is 19.4. The molecule has 0 atom stereocenters. The quantitative estimate of drug-likeness (QED) is 0.729. The van der Waals surface area contributed by atoms with Crippen LogP contribution in [-0.4, -0.2) is 22.0 Å². The van der Waals surface area contributed by atoms with Gasteiger partial charge >= 0.3 is 5.97 Å². The highest BCUT2D eigenvalue weighted by Crippen LogP contribution is 2.39. The van der Waals surface area contributed by atoms with E-state index in [1.807, 2.05) is 6.08 Å². The van der Waals surface area contributed by atoms with E-state index in [1.165, 1.54) is 17.3 Å². The van der Waals surface area contributed by atoms with E-state index in [0.29, 0.717) is 16.8 Å². The number of carbonyl (C=O) groups is 2. The molecule has 0 radical (unpaired) electrons. The fourth-order valence-corrected chi connectivity index (χ4v) is 3.86. The first-order chi connectivity index (χ1) is 11.8. The Morgan fingerprint density at radius 3 is 2.80 bits per heavy atom. The number of fused-ring (bicyclic) bond motifs is 2. The number of carboxylic acid groups (broad SMARTS) is 1. The van der Waals surface area contributed by atoms with E-state index in [2.05, 4.69) is 30.2 Å². The number of rotatable bonds is 2. The summed E-state index contributed by atoms with van der Waals surface area (Å²) < 4.78 is 0. The van der Waals surface area contributed by atoms with Crippen molar-refractivity contribution in [2.24, 2.45) is 0 Å². The van der Waals surface area contributed by atoms with Crippen LogP contribution in [0.3, 0.4) is 0 Å². The van der Waals surface area contributed by atoms with Gasteiger partial charge in [-0.05, 0) is 60.6 Å². The van der Waals surface area contributed by atoms with Gasteiger partial charge in [0, 0.05) is 22.6 Å². The average molecular weight is 336 g/mol. The molecule has 25 heavy (non-hydrogen) atoms. The molecule has 0 saturated heterocycles. The minimum atomic E-state index is -1.00. The molecule has 2 aromatic rings. The van der Waals surface area contributed by atoms with Gasteiger partial charge in [-0.15, -0.1) is 0 Å². The van der Waals surface area contributed by atoms with Crippen molar-refractivity contribution in [3.05, 3.63) is 52.3 Å². The van der Waals surface area contributed by atoms with Crippen molar-refractivity contribution >= 4 is 29.2 Å². The molecule has 0 fully saturated rings. The number of hydrogen-bond acceptors (Lipinski definition) is 2. The SMILES string of the molecule is CC1(C)CCCc2[nH]c(C=C3C(=O)Nc4ccc(C(=O)O)cc43)cc21. The highest BCUT2D eigenvalue weighted by molar-refractivity contribution is 6.35. The number of amides is 1. The van der Waals surface area contributed by atoms with Crippen molar-refractivity contribution < 1.29 is 14.7 Å². The van der Waals surface area contributed by atoms with Crippen LogP contribution in [0.2, 0.25) is 0 Å². The molecule has 1 aromatic heterocycles. The Balaban J connectivity index is 1.79. The Morgan fingerprint density at radius 2 is 2.08 bits per heavy atom. The van der Waals surface area contributed by atoms with E-state index >= 15 is 0 Å². The predicted octanol–water partition coefficient (Wildman–Crippen LogP) is 3.82. The van der Waals surface area contributed by atoms with E-state index < -0.39 is 5.97 Å². The Kier molecular flexibility index (Phi) is 3.35. The van der Waals surface area contributed by atoms with Gasteiger partial charge in [-0.1, -0.05) is 13.8 Å². The van der Waals surface area contributed by atoms with Crippen molar-refractivity contribution in [1.29, 1.82) is 0 Å². The molecule has 1 aliphatic carbocycles. The van der Waals surface area contributed by atoms with Gasteiger partial charge in [-0.2, -0.15) is 0 Å². The molecule has 5 heteroatoms. The minimum Gasteiger partial charge on any atom is -0.478 e. The summed E-state index contributed by atoms with van der Waals surface area (Å²) in [6.07, 6.45) is 5.15. The zero-order valence-electron chi connectivity index (χ0n) is 14.3. The number of nitrogens with one attached hydrogen (secondary N) is 2. The molecule has 0 unspecified atom stereocenters. The van der Waals surface area contributed by atoms with Gasteiger partial charge in [0.05, 0.1) is 11.1 Å². The third kappa shape index (κ3) is 2.56. The van der Waals surface area contributed by atoms with Gasteiger partial charge < -0.3 is 15.4 Å². The summed E-state index contributed by atoms with van der Waals surface area (Å²) in [5.41, 5.74) is 5.52. The Labute approximate surface area is 145 Å². The summed E-state index contributed by atoms with van der Waals surface area (Å²) in [5, 5.41) is 12.0. The first kappa shape index (κ1) is 15.7. The van der Waals surface area contributed by atoms with Crippen LogP contribution in [0, 0.1) is 0 Å². The molecule has 2 aliphatic rings. The number of aromatic amines is 1. The van der Waals surface area contributed by atoms with Crippen LogP contribution in [0.4, 0.5) is 5.69 Å². The molecule has 5 nitrogen and oxygen atoms in total. The predicted molar refractivity (Wildman–Crippen MR) is 96.7 cm³/mol. The molecule has 3 N–H and O–H groups in total. The topological polar surface area (TPSA) is 82.2 Å². The van der Waals surface area contributed by atoms with Crippen molar-refractivity contribution in [2.75, 3.05) is 5.32 Å². The lowest BCUT2D eigenvalue weighted by Gasteiger charge is -2.29. The number of hydrogen-bond donors (Lipinski definition) is 3. The van der Waals surface area contributed by atoms with Gasteiger partial charge in [0.25, 0.3) is 5.91 Å². The second-order valence-corrected chi connectivity index (χ2v) is 7.43. The van der Waals surface area contributed by atoms with Gasteiger partial charge in [-0.25, -0.2) is 4.79 Å². The number of aromatic carboxylic acids is 1. The standard InChI is InChI=1S/C20H20N2O3/c1-20(2)7-3-4-17-15(20)10-12(21-17)9-14-13-8-11(19(24)25)5-6-16(13)22-18(14)23/h5-6,8-10,21H,3-4,7H2,1-2H3,(H,22,23)(H,24,25). The largest absolute Gasteiger partial charge is 0.478 e. The number of anilines is 1. The van der Waals surface area contributed by atoms with E-state index in [-0.39, 0.29) is 16.9 Å². The maximum absolute atomic E-state index is 12.3. The highest BCUT2D eigenvalue weighted by Gasteiger charge is 2.30. The molecular weight excluding hydrogens is 316 g/mol. The second-order valence-electron chi connectivity index (χ2n) is 7.43. The average Bonchev–Trinajstić information content (AvgIpc) is 3.09. The van der Waals surface area contributed by atoms with E-state index in [9.17, 15) is 14.7 Å². The van der Waals surface area contributed by atoms with Crippen LogP contribution in [0.25, 0.3) is 11.6 Å². The van der Waals surface area contributed by atoms with E-state index in [4.69, 9.17) is 0 Å². The zero-order valence-corrected chi connectivity index (χ0v) is 14.3. The van der Waals surface area contributed by atoms with Crippen LogP contribution < -0.4 is 5.32 Å². The maximum atomic E-state index is 12.3. The summed E-state index contributed by atoms with van der Waals surface area (Å²) in [4.78, 5) is 27.0. The van der Waals surface area contributed by atoms with Crippen LogP contribution in [0.15, 0.2) is 24.3 Å². The first-order valence-corrected chi connectivity index (χ1v) is 8.48. The summed E-state index contributed by atoms with van der Waals surface area (Å²) in [6.45, 7) is 4.49. The Hall–Kier alpha value is -2.82. The zero-order chi connectivity index (χ0) is 17.8. The smallest absolute Gasteiger partial charge is 0.335 e. The van der Waals surface area contributed by atoms with Crippen LogP contribution >= 0.6 is 0 Å². The van der Waals surface area contributed by atoms with Crippen molar-refractivity contribution in [3.63, 3.8) is 0 Å². The lowest BCUT2D eigenvalue weighted by atomic mass is 9.75. The Bertz CT molecular complexity index is 934. The summed E-state index contributed by atoms with van der Waals surface area (Å²) in [7, 11) is 0. The van der Waals surface area contributed by atoms with Gasteiger partial charge in [-0.3, -0.25) is 4.79 Å². The van der Waals surface area contributed by atoms with Gasteiger partial charge in [0.2, 0.25) is 0 Å². The second kappa shape index (κ2) is 5.34. The fraction of sp³-hybridized carbons (Fsp3) is 0.300. The molecule has 1 aromatic carbocycles. The summed E-state index contributed by atoms with van der Waals surface area (Å²) in [5.74, 6) is -1.21. The lowest BCUT2D eigenvalue weighted by Crippen LogP contribution is -2.22. The third-order valence-electron chi connectivity index (χ3n) is 5.23. The number of aromatic nitrogens is 1. The number of carboxylic acids is 1. The molecule has 4 rings (SSSR count).